The zero-order chi connectivity index (χ0) is 10.2. The Morgan fingerprint density at radius 1 is 1.50 bits per heavy atom. The van der Waals surface area contributed by atoms with Gasteiger partial charge in [0.25, 0.3) is 0 Å². The van der Waals surface area contributed by atoms with Crippen molar-refractivity contribution in [1.29, 1.82) is 0 Å². The average molecular weight is 196 g/mol. The molecule has 3 heteroatoms. The number of rotatable bonds is 1. The predicted octanol–water partition coefficient (Wildman–Crippen LogP) is 2.05. The van der Waals surface area contributed by atoms with E-state index in [4.69, 9.17) is 0 Å². The first kappa shape index (κ1) is 9.69. The Kier molecular flexibility index (Phi) is 2.33. The van der Waals surface area contributed by atoms with Crippen LogP contribution in [0, 0.1) is 11.3 Å². The molecule has 0 bridgehead atoms. The first-order chi connectivity index (χ1) is 6.66. The fourth-order valence-electron chi connectivity index (χ4n) is 2.78. The molecule has 0 N–H and O–H groups in total. The van der Waals surface area contributed by atoms with Gasteiger partial charge in [-0.2, -0.15) is 0 Å². The lowest BCUT2D eigenvalue weighted by Gasteiger charge is -2.33. The van der Waals surface area contributed by atoms with Gasteiger partial charge >= 0.3 is 11.9 Å². The van der Waals surface area contributed by atoms with E-state index in [9.17, 15) is 9.59 Å². The second-order valence-corrected chi connectivity index (χ2v) is 4.59. The van der Waals surface area contributed by atoms with E-state index in [0.29, 0.717) is 12.3 Å². The lowest BCUT2D eigenvalue weighted by atomic mass is 9.68. The van der Waals surface area contributed by atoms with E-state index in [-0.39, 0.29) is 11.9 Å². The van der Waals surface area contributed by atoms with Gasteiger partial charge in [-0.25, -0.2) is 0 Å². The van der Waals surface area contributed by atoms with Gasteiger partial charge in [-0.05, 0) is 18.8 Å². The quantitative estimate of drug-likeness (QED) is 0.476. The van der Waals surface area contributed by atoms with Crippen LogP contribution in [-0.4, -0.2) is 11.9 Å². The highest BCUT2D eigenvalue weighted by Gasteiger charge is 2.50. The van der Waals surface area contributed by atoms with Gasteiger partial charge in [-0.15, -0.1) is 0 Å². The van der Waals surface area contributed by atoms with E-state index in [0.717, 1.165) is 25.7 Å². The molecule has 2 unspecified atom stereocenters. The summed E-state index contributed by atoms with van der Waals surface area (Å²) in [7, 11) is 0. The van der Waals surface area contributed by atoms with Gasteiger partial charge in [0.05, 0.1) is 11.8 Å². The van der Waals surface area contributed by atoms with Crippen molar-refractivity contribution >= 4 is 11.9 Å². The van der Waals surface area contributed by atoms with E-state index in [1.54, 1.807) is 0 Å². The minimum absolute atomic E-state index is 0.263. The Hall–Kier alpha value is -0.860. The van der Waals surface area contributed by atoms with Gasteiger partial charge < -0.3 is 4.74 Å². The maximum absolute atomic E-state index is 11.6. The predicted molar refractivity (Wildman–Crippen MR) is 50.4 cm³/mol. The fourth-order valence-corrected chi connectivity index (χ4v) is 2.78. The number of hydrogen-bond acceptors (Lipinski definition) is 3. The average Bonchev–Trinajstić information content (AvgIpc) is 2.42. The van der Waals surface area contributed by atoms with Crippen LogP contribution in [0.5, 0.6) is 0 Å². The topological polar surface area (TPSA) is 43.4 Å². The van der Waals surface area contributed by atoms with Crippen molar-refractivity contribution in [2.45, 2.75) is 45.4 Å². The van der Waals surface area contributed by atoms with Gasteiger partial charge in [-0.3, -0.25) is 9.59 Å². The van der Waals surface area contributed by atoms with E-state index >= 15 is 0 Å². The molecule has 2 rings (SSSR count). The summed E-state index contributed by atoms with van der Waals surface area (Å²) < 4.78 is 4.67. The molecule has 0 aromatic heterocycles. The van der Waals surface area contributed by atoms with Crippen molar-refractivity contribution in [3.8, 4) is 0 Å². The summed E-state index contributed by atoms with van der Waals surface area (Å²) in [6, 6.07) is 0. The van der Waals surface area contributed by atoms with Crippen LogP contribution in [0.2, 0.25) is 0 Å². The second kappa shape index (κ2) is 3.37. The highest BCUT2D eigenvalue weighted by atomic mass is 16.6. The van der Waals surface area contributed by atoms with E-state index in [1.807, 2.05) is 0 Å². The van der Waals surface area contributed by atoms with Crippen LogP contribution in [0.4, 0.5) is 0 Å². The minimum atomic E-state index is -0.435. The molecule has 78 valence electrons. The van der Waals surface area contributed by atoms with Crippen LogP contribution in [-0.2, 0) is 14.3 Å². The van der Waals surface area contributed by atoms with Crippen LogP contribution >= 0.6 is 0 Å². The Labute approximate surface area is 83.8 Å². The molecule has 1 heterocycles. The van der Waals surface area contributed by atoms with Gasteiger partial charge in [0.15, 0.2) is 0 Å². The third-order valence-electron chi connectivity index (χ3n) is 3.65. The molecule has 0 aromatic rings. The van der Waals surface area contributed by atoms with Gasteiger partial charge in [0.2, 0.25) is 0 Å². The summed E-state index contributed by atoms with van der Waals surface area (Å²) in [5, 5.41) is 0. The van der Waals surface area contributed by atoms with Crippen molar-refractivity contribution in [3.63, 3.8) is 0 Å². The molecule has 1 saturated carbocycles. The van der Waals surface area contributed by atoms with Crippen LogP contribution in [0.1, 0.15) is 45.4 Å². The largest absolute Gasteiger partial charge is 0.393 e. The number of ether oxygens (including phenoxy) is 1. The van der Waals surface area contributed by atoms with Crippen LogP contribution in [0.15, 0.2) is 0 Å². The fraction of sp³-hybridized carbons (Fsp3) is 0.818. The summed E-state index contributed by atoms with van der Waals surface area (Å²) in [6.07, 6.45) is 5.37. The normalized spacial score (nSPS) is 37.6. The van der Waals surface area contributed by atoms with Crippen LogP contribution in [0.25, 0.3) is 0 Å². The molecule has 2 aliphatic rings. The number of cyclic esters (lactones) is 2. The molecule has 0 aromatic carbocycles. The number of carbonyl (C=O) groups excluding carboxylic acids is 2. The summed E-state index contributed by atoms with van der Waals surface area (Å²) in [6.45, 7) is 2.14. The molecular weight excluding hydrogens is 180 g/mol. The van der Waals surface area contributed by atoms with Crippen molar-refractivity contribution in [2.75, 3.05) is 0 Å². The van der Waals surface area contributed by atoms with Gasteiger partial charge in [0.1, 0.15) is 0 Å². The maximum Gasteiger partial charge on any atom is 0.320 e. The van der Waals surface area contributed by atoms with Crippen molar-refractivity contribution in [3.05, 3.63) is 0 Å². The van der Waals surface area contributed by atoms with E-state index < -0.39 is 5.41 Å². The third-order valence-corrected chi connectivity index (χ3v) is 3.65. The molecule has 1 aliphatic carbocycles. The monoisotopic (exact) mass is 196 g/mol. The first-order valence-corrected chi connectivity index (χ1v) is 5.41. The molecule has 2 fully saturated rings. The molecule has 14 heavy (non-hydrogen) atoms. The smallest absolute Gasteiger partial charge is 0.320 e. The molecule has 0 amide bonds. The Morgan fingerprint density at radius 3 is 2.86 bits per heavy atom. The summed E-state index contributed by atoms with van der Waals surface area (Å²) in [5.41, 5.74) is -0.435. The Balaban J connectivity index is 2.15. The molecular formula is C11H16O3. The molecule has 1 saturated heterocycles. The Morgan fingerprint density at radius 2 is 2.29 bits per heavy atom. The van der Waals surface area contributed by atoms with Crippen molar-refractivity contribution < 1.29 is 14.3 Å². The third kappa shape index (κ3) is 1.45. The summed E-state index contributed by atoms with van der Waals surface area (Å²) in [5.74, 6) is 0.00889. The van der Waals surface area contributed by atoms with Crippen molar-refractivity contribution in [2.24, 2.45) is 11.3 Å². The Bertz CT molecular complexity index is 272. The number of esters is 2. The zero-order valence-corrected chi connectivity index (χ0v) is 8.54. The molecule has 1 spiro atoms. The first-order valence-electron chi connectivity index (χ1n) is 5.41. The van der Waals surface area contributed by atoms with Crippen LogP contribution < -0.4 is 0 Å². The van der Waals surface area contributed by atoms with E-state index in [2.05, 4.69) is 11.7 Å². The minimum Gasteiger partial charge on any atom is -0.393 e. The summed E-state index contributed by atoms with van der Waals surface area (Å²) >= 11 is 0. The SMILES string of the molecule is CCC1CCCC2(CC(=O)OC2=O)C1. The van der Waals surface area contributed by atoms with Gasteiger partial charge in [-0.1, -0.05) is 26.2 Å². The molecule has 2 atom stereocenters. The zero-order valence-electron chi connectivity index (χ0n) is 8.54. The second-order valence-electron chi connectivity index (χ2n) is 4.59. The van der Waals surface area contributed by atoms with E-state index in [1.165, 1.54) is 6.42 Å². The molecule has 3 nitrogen and oxygen atoms in total. The molecule has 0 radical (unpaired) electrons. The van der Waals surface area contributed by atoms with Crippen LogP contribution in [0.3, 0.4) is 0 Å². The number of carbonyl (C=O) groups is 2. The maximum atomic E-state index is 11.6. The lowest BCUT2D eigenvalue weighted by Crippen LogP contribution is -2.32. The summed E-state index contributed by atoms with van der Waals surface area (Å²) in [4.78, 5) is 22.7. The lowest BCUT2D eigenvalue weighted by molar-refractivity contribution is -0.156. The highest BCUT2D eigenvalue weighted by molar-refractivity contribution is 5.97. The van der Waals surface area contributed by atoms with Gasteiger partial charge in [0, 0.05) is 0 Å². The standard InChI is InChI=1S/C11H16O3/c1-2-8-4-3-5-11(6-8)7-9(12)14-10(11)13/h8H,2-7H2,1H3. The van der Waals surface area contributed by atoms with Crippen molar-refractivity contribution in [1.82, 2.24) is 0 Å². The highest BCUT2D eigenvalue weighted by Crippen LogP contribution is 2.47. The molecule has 1 aliphatic heterocycles. The number of hydrogen-bond donors (Lipinski definition) is 0.